The van der Waals surface area contributed by atoms with Gasteiger partial charge in [-0.25, -0.2) is 0 Å². The van der Waals surface area contributed by atoms with Crippen molar-refractivity contribution < 1.29 is 19.4 Å². The first-order valence-electron chi connectivity index (χ1n) is 9.75. The van der Waals surface area contributed by atoms with E-state index in [0.717, 1.165) is 34.6 Å². The predicted octanol–water partition coefficient (Wildman–Crippen LogP) is 6.00. The van der Waals surface area contributed by atoms with Crippen LogP contribution in [-0.4, -0.2) is 29.3 Å². The number of hydrogen-bond acceptors (Lipinski definition) is 5. The molecule has 1 aromatic heterocycles. The van der Waals surface area contributed by atoms with E-state index in [0.29, 0.717) is 18.0 Å². The van der Waals surface area contributed by atoms with Gasteiger partial charge in [0.05, 0.1) is 12.6 Å². The smallest absolute Gasteiger partial charge is 0.302 e. The van der Waals surface area contributed by atoms with Gasteiger partial charge in [-0.1, -0.05) is 35.7 Å². The van der Waals surface area contributed by atoms with E-state index in [1.807, 2.05) is 22.8 Å². The zero-order chi connectivity index (χ0) is 21.5. The van der Waals surface area contributed by atoms with Crippen LogP contribution in [0.3, 0.4) is 0 Å². The summed E-state index contributed by atoms with van der Waals surface area (Å²) in [6.07, 6.45) is 3.08. The van der Waals surface area contributed by atoms with Crippen molar-refractivity contribution in [3.05, 3.63) is 46.9 Å². The molecule has 0 aliphatic heterocycles. The van der Waals surface area contributed by atoms with E-state index in [-0.39, 0.29) is 18.2 Å². The maximum atomic E-state index is 12.1. The van der Waals surface area contributed by atoms with E-state index in [2.05, 4.69) is 33.1 Å². The summed E-state index contributed by atoms with van der Waals surface area (Å²) in [6.45, 7) is 2.54. The van der Waals surface area contributed by atoms with Crippen LogP contribution in [0.5, 0.6) is 17.4 Å². The number of aromatic hydroxyl groups is 1. The Morgan fingerprint density at radius 2 is 1.87 bits per heavy atom. The molecule has 0 atom stereocenters. The zero-order valence-corrected chi connectivity index (χ0v) is 18.6. The Labute approximate surface area is 183 Å². The molecule has 2 aromatic carbocycles. The summed E-state index contributed by atoms with van der Waals surface area (Å²) in [7, 11) is 1.58. The van der Waals surface area contributed by atoms with Crippen LogP contribution in [0.15, 0.2) is 57.2 Å². The minimum absolute atomic E-state index is 0.00632. The lowest BCUT2D eigenvalue weighted by Crippen LogP contribution is -2.07. The maximum Gasteiger partial charge on any atom is 0.302 e. The van der Waals surface area contributed by atoms with Crippen molar-refractivity contribution in [1.29, 1.82) is 0 Å². The van der Waals surface area contributed by atoms with Crippen molar-refractivity contribution in [2.75, 3.05) is 13.7 Å². The third-order valence-corrected chi connectivity index (χ3v) is 5.13. The molecule has 158 valence electrons. The van der Waals surface area contributed by atoms with E-state index < -0.39 is 5.91 Å². The van der Waals surface area contributed by atoms with Crippen LogP contribution in [0.1, 0.15) is 26.2 Å². The first-order chi connectivity index (χ1) is 14.5. The van der Waals surface area contributed by atoms with Crippen LogP contribution in [0.25, 0.3) is 10.9 Å². The van der Waals surface area contributed by atoms with Crippen molar-refractivity contribution in [2.45, 2.75) is 32.7 Å². The number of benzene rings is 2. The molecule has 0 bridgehead atoms. The van der Waals surface area contributed by atoms with E-state index >= 15 is 0 Å². The highest BCUT2D eigenvalue weighted by Crippen LogP contribution is 2.40. The van der Waals surface area contributed by atoms with Crippen molar-refractivity contribution >= 4 is 38.4 Å². The molecule has 8 heteroatoms. The van der Waals surface area contributed by atoms with Crippen LogP contribution in [-0.2, 0) is 11.3 Å². The SMILES string of the molecule is CCCCCn1c(O)c(N=NC(=O)COc2ccc(OC)cc2)c2ccc(Br)cc21. The lowest BCUT2D eigenvalue weighted by atomic mass is 10.2. The summed E-state index contributed by atoms with van der Waals surface area (Å²) >= 11 is 3.47. The van der Waals surface area contributed by atoms with E-state index in [1.165, 1.54) is 0 Å². The van der Waals surface area contributed by atoms with Crippen LogP contribution in [0.2, 0.25) is 0 Å². The number of aryl methyl sites for hydroxylation is 1. The minimum Gasteiger partial charge on any atom is -0.497 e. The van der Waals surface area contributed by atoms with Gasteiger partial charge in [0, 0.05) is 16.4 Å². The first kappa shape index (κ1) is 21.8. The number of aromatic nitrogens is 1. The van der Waals surface area contributed by atoms with Crippen LogP contribution in [0, 0.1) is 0 Å². The van der Waals surface area contributed by atoms with Gasteiger partial charge in [-0.15, -0.1) is 10.2 Å². The lowest BCUT2D eigenvalue weighted by Gasteiger charge is -2.06. The molecule has 0 saturated carbocycles. The fraction of sp³-hybridized carbons (Fsp3) is 0.318. The van der Waals surface area contributed by atoms with Gasteiger partial charge in [0.1, 0.15) is 11.5 Å². The molecule has 0 unspecified atom stereocenters. The molecule has 0 saturated heterocycles. The van der Waals surface area contributed by atoms with Crippen molar-refractivity contribution in [2.24, 2.45) is 10.2 Å². The molecule has 0 fully saturated rings. The summed E-state index contributed by atoms with van der Waals surface area (Å²) in [5, 5.41) is 19.2. The number of halogens is 1. The number of azo groups is 1. The quantitative estimate of drug-likeness (QED) is 0.305. The Morgan fingerprint density at radius 3 is 2.57 bits per heavy atom. The zero-order valence-electron chi connectivity index (χ0n) is 17.0. The monoisotopic (exact) mass is 473 g/mol. The first-order valence-corrected chi connectivity index (χ1v) is 10.5. The average molecular weight is 474 g/mol. The van der Waals surface area contributed by atoms with Crippen molar-refractivity contribution in [3.8, 4) is 17.4 Å². The highest BCUT2D eigenvalue weighted by molar-refractivity contribution is 9.10. The second-order valence-electron chi connectivity index (χ2n) is 6.75. The Balaban J connectivity index is 1.75. The van der Waals surface area contributed by atoms with Crippen LogP contribution >= 0.6 is 15.9 Å². The predicted molar refractivity (Wildman–Crippen MR) is 119 cm³/mol. The topological polar surface area (TPSA) is 85.4 Å². The van der Waals surface area contributed by atoms with E-state index in [4.69, 9.17) is 9.47 Å². The summed E-state index contributed by atoms with van der Waals surface area (Å²) in [5.74, 6) is 0.686. The van der Waals surface area contributed by atoms with E-state index in [1.54, 1.807) is 31.4 Å². The average Bonchev–Trinajstić information content (AvgIpc) is 3.01. The summed E-state index contributed by atoms with van der Waals surface area (Å²) in [4.78, 5) is 12.1. The number of rotatable bonds is 9. The molecular weight excluding hydrogens is 450 g/mol. The summed E-state index contributed by atoms with van der Waals surface area (Å²) < 4.78 is 13.2. The van der Waals surface area contributed by atoms with E-state index in [9.17, 15) is 9.90 Å². The van der Waals surface area contributed by atoms with Crippen molar-refractivity contribution in [1.82, 2.24) is 4.57 Å². The molecule has 0 spiro atoms. The molecule has 30 heavy (non-hydrogen) atoms. The Hall–Kier alpha value is -2.87. The molecule has 0 aliphatic carbocycles. The number of methoxy groups -OCH3 is 1. The number of carbonyl (C=O) groups is 1. The molecule has 7 nitrogen and oxygen atoms in total. The normalized spacial score (nSPS) is 11.3. The van der Waals surface area contributed by atoms with Gasteiger partial charge in [0.2, 0.25) is 5.88 Å². The van der Waals surface area contributed by atoms with Gasteiger partial charge in [0.15, 0.2) is 12.3 Å². The van der Waals surface area contributed by atoms with Gasteiger partial charge < -0.3 is 19.1 Å². The molecule has 0 radical (unpaired) electrons. The molecule has 0 aliphatic rings. The highest BCUT2D eigenvalue weighted by Gasteiger charge is 2.17. The minimum atomic E-state index is -0.547. The number of fused-ring (bicyclic) bond motifs is 1. The molecular formula is C22H24BrN3O4. The number of hydrogen-bond donors (Lipinski definition) is 1. The standard InChI is InChI=1S/C22H24BrN3O4/c1-3-4-5-12-26-19-13-15(23)6-11-18(19)21(22(26)28)25-24-20(27)14-30-17-9-7-16(29-2)8-10-17/h6-11,13,28H,3-5,12,14H2,1-2H3. The Morgan fingerprint density at radius 1 is 1.13 bits per heavy atom. The highest BCUT2D eigenvalue weighted by atomic mass is 79.9. The number of nitrogens with zero attached hydrogens (tertiary/aromatic N) is 3. The molecule has 1 heterocycles. The summed E-state index contributed by atoms with van der Waals surface area (Å²) in [5.41, 5.74) is 1.13. The van der Waals surface area contributed by atoms with Crippen LogP contribution < -0.4 is 9.47 Å². The fourth-order valence-corrected chi connectivity index (χ4v) is 3.44. The second-order valence-corrected chi connectivity index (χ2v) is 7.67. The molecule has 3 aromatic rings. The summed E-state index contributed by atoms with van der Waals surface area (Å²) in [6, 6.07) is 12.5. The van der Waals surface area contributed by atoms with Gasteiger partial charge >= 0.3 is 5.91 Å². The number of carbonyl (C=O) groups excluding carboxylic acids is 1. The Kier molecular flexibility index (Phi) is 7.46. The molecule has 3 rings (SSSR count). The largest absolute Gasteiger partial charge is 0.497 e. The third-order valence-electron chi connectivity index (χ3n) is 4.64. The van der Waals surface area contributed by atoms with Gasteiger partial charge in [-0.3, -0.25) is 4.79 Å². The molecule has 1 N–H and O–H groups in total. The van der Waals surface area contributed by atoms with Crippen molar-refractivity contribution in [3.63, 3.8) is 0 Å². The number of amides is 1. The fourth-order valence-electron chi connectivity index (χ4n) is 3.09. The van der Waals surface area contributed by atoms with Gasteiger partial charge in [0.25, 0.3) is 0 Å². The Bertz CT molecular complexity index is 1040. The lowest BCUT2D eigenvalue weighted by molar-refractivity contribution is -0.120. The third kappa shape index (κ3) is 5.18. The van der Waals surface area contributed by atoms with Crippen LogP contribution in [0.4, 0.5) is 5.69 Å². The number of ether oxygens (including phenoxy) is 2. The van der Waals surface area contributed by atoms with Gasteiger partial charge in [-0.2, -0.15) is 0 Å². The molecule has 1 amide bonds. The number of unbranched alkanes of at least 4 members (excludes halogenated alkanes) is 2. The maximum absolute atomic E-state index is 12.1. The van der Waals surface area contributed by atoms with Gasteiger partial charge in [-0.05, 0) is 48.9 Å². The second kappa shape index (κ2) is 10.2.